The minimum Gasteiger partial charge on any atom is -0.261 e. The van der Waals surface area contributed by atoms with Gasteiger partial charge >= 0.3 is 0 Å². The Morgan fingerprint density at radius 2 is 1.55 bits per heavy atom. The van der Waals surface area contributed by atoms with Gasteiger partial charge in [-0.3, -0.25) is 4.72 Å². The molecule has 0 spiro atoms. The molecule has 112 valence electrons. The molecule has 3 rings (SSSR count). The van der Waals surface area contributed by atoms with Gasteiger partial charge in [-0.15, -0.1) is 0 Å². The zero-order valence-electron chi connectivity index (χ0n) is 11.0. The highest BCUT2D eigenvalue weighted by Crippen LogP contribution is 2.24. The third kappa shape index (κ3) is 2.72. The average molecular weight is 338 g/mol. The molecular formula is C14H9ClFN3O2S. The molecular weight excluding hydrogens is 329 g/mol. The van der Waals surface area contributed by atoms with Gasteiger partial charge in [-0.25, -0.2) is 22.8 Å². The summed E-state index contributed by atoms with van der Waals surface area (Å²) in [4.78, 5) is 7.68. The summed E-state index contributed by atoms with van der Waals surface area (Å²) in [6.45, 7) is 0. The quantitative estimate of drug-likeness (QED) is 0.796. The Hall–Kier alpha value is -2.25. The van der Waals surface area contributed by atoms with Crippen LogP contribution in [0.1, 0.15) is 0 Å². The van der Waals surface area contributed by atoms with Crippen LogP contribution in [0.3, 0.4) is 0 Å². The highest BCUT2D eigenvalue weighted by Gasteiger charge is 2.21. The van der Waals surface area contributed by atoms with Gasteiger partial charge < -0.3 is 0 Å². The van der Waals surface area contributed by atoms with Crippen molar-refractivity contribution in [1.29, 1.82) is 0 Å². The topological polar surface area (TPSA) is 72.0 Å². The molecule has 0 aliphatic rings. The standard InChI is InChI=1S/C14H9ClFN3O2S/c15-13-14(18-11-7-3-2-6-10(11)17-13)19-22(20,21)12-8-4-1-5-9(12)16/h1-8H,(H,18,19). The Kier molecular flexibility index (Phi) is 3.67. The second-order valence-corrected chi connectivity index (χ2v) is 6.40. The number of halogens is 2. The number of anilines is 1. The summed E-state index contributed by atoms with van der Waals surface area (Å²) in [5.41, 5.74) is 1.000. The lowest BCUT2D eigenvalue weighted by molar-refractivity contribution is 0.570. The van der Waals surface area contributed by atoms with Crippen molar-refractivity contribution in [2.75, 3.05) is 4.72 Å². The van der Waals surface area contributed by atoms with Crippen LogP contribution < -0.4 is 4.72 Å². The van der Waals surface area contributed by atoms with Crippen molar-refractivity contribution >= 4 is 38.5 Å². The van der Waals surface area contributed by atoms with E-state index in [1.807, 2.05) is 0 Å². The van der Waals surface area contributed by atoms with Gasteiger partial charge in [0.1, 0.15) is 10.7 Å². The van der Waals surface area contributed by atoms with E-state index in [0.717, 1.165) is 12.1 Å². The molecule has 8 heteroatoms. The van der Waals surface area contributed by atoms with Crippen LogP contribution in [-0.2, 0) is 10.0 Å². The van der Waals surface area contributed by atoms with Crippen LogP contribution >= 0.6 is 11.6 Å². The van der Waals surface area contributed by atoms with E-state index in [9.17, 15) is 12.8 Å². The number of hydrogen-bond acceptors (Lipinski definition) is 4. The molecule has 0 bridgehead atoms. The molecule has 0 saturated carbocycles. The Labute approximate surface area is 130 Å². The van der Waals surface area contributed by atoms with Crippen molar-refractivity contribution in [2.24, 2.45) is 0 Å². The molecule has 3 aromatic rings. The van der Waals surface area contributed by atoms with Gasteiger partial charge in [0.05, 0.1) is 11.0 Å². The summed E-state index contributed by atoms with van der Waals surface area (Å²) < 4.78 is 40.3. The van der Waals surface area contributed by atoms with Crippen LogP contribution in [0.4, 0.5) is 10.2 Å². The maximum absolute atomic E-state index is 13.7. The van der Waals surface area contributed by atoms with E-state index in [4.69, 9.17) is 11.6 Å². The summed E-state index contributed by atoms with van der Waals surface area (Å²) in [6, 6.07) is 11.9. The van der Waals surface area contributed by atoms with E-state index in [0.29, 0.717) is 11.0 Å². The molecule has 2 aromatic carbocycles. The average Bonchev–Trinajstić information content (AvgIpc) is 2.48. The van der Waals surface area contributed by atoms with Crippen LogP contribution in [0.5, 0.6) is 0 Å². The van der Waals surface area contributed by atoms with Gasteiger partial charge in [-0.05, 0) is 24.3 Å². The first kappa shape index (κ1) is 14.7. The van der Waals surface area contributed by atoms with E-state index in [-0.39, 0.29) is 11.0 Å². The molecule has 0 unspecified atom stereocenters. The van der Waals surface area contributed by atoms with E-state index >= 15 is 0 Å². The second kappa shape index (κ2) is 5.51. The van der Waals surface area contributed by atoms with E-state index < -0.39 is 20.7 Å². The van der Waals surface area contributed by atoms with Gasteiger partial charge in [-0.2, -0.15) is 0 Å². The SMILES string of the molecule is O=S(=O)(Nc1nc2ccccc2nc1Cl)c1ccccc1F. The van der Waals surface area contributed by atoms with Crippen molar-refractivity contribution in [3.63, 3.8) is 0 Å². The molecule has 5 nitrogen and oxygen atoms in total. The number of rotatable bonds is 3. The maximum Gasteiger partial charge on any atom is 0.266 e. The Bertz CT molecular complexity index is 963. The number of nitrogens with zero attached hydrogens (tertiary/aromatic N) is 2. The zero-order chi connectivity index (χ0) is 15.7. The molecule has 0 aliphatic carbocycles. The highest BCUT2D eigenvalue weighted by atomic mass is 35.5. The van der Waals surface area contributed by atoms with Crippen LogP contribution in [0.15, 0.2) is 53.4 Å². The van der Waals surface area contributed by atoms with E-state index in [1.165, 1.54) is 12.1 Å². The van der Waals surface area contributed by atoms with Gasteiger partial charge in [0.25, 0.3) is 10.0 Å². The van der Waals surface area contributed by atoms with E-state index in [1.54, 1.807) is 24.3 Å². The molecule has 0 saturated heterocycles. The molecule has 1 aromatic heterocycles. The van der Waals surface area contributed by atoms with Crippen molar-refractivity contribution in [1.82, 2.24) is 9.97 Å². The number of nitrogens with one attached hydrogen (secondary N) is 1. The zero-order valence-corrected chi connectivity index (χ0v) is 12.6. The third-order valence-electron chi connectivity index (χ3n) is 2.89. The van der Waals surface area contributed by atoms with Gasteiger partial charge in [0.15, 0.2) is 11.0 Å². The van der Waals surface area contributed by atoms with E-state index in [2.05, 4.69) is 14.7 Å². The van der Waals surface area contributed by atoms with Gasteiger partial charge in [0.2, 0.25) is 0 Å². The summed E-state index contributed by atoms with van der Waals surface area (Å²) in [7, 11) is -4.15. The Balaban J connectivity index is 2.06. The third-order valence-corrected chi connectivity index (χ3v) is 4.52. The van der Waals surface area contributed by atoms with Crippen molar-refractivity contribution in [3.8, 4) is 0 Å². The van der Waals surface area contributed by atoms with Crippen LogP contribution in [-0.4, -0.2) is 18.4 Å². The predicted octanol–water partition coefficient (Wildman–Crippen LogP) is 3.22. The largest absolute Gasteiger partial charge is 0.266 e. The molecule has 0 aliphatic heterocycles. The first-order valence-corrected chi connectivity index (χ1v) is 8.03. The first-order chi connectivity index (χ1) is 10.5. The fraction of sp³-hybridized carbons (Fsp3) is 0. The Morgan fingerprint density at radius 3 is 2.23 bits per heavy atom. The molecule has 0 amide bonds. The normalized spacial score (nSPS) is 11.5. The van der Waals surface area contributed by atoms with Crippen molar-refractivity contribution < 1.29 is 12.8 Å². The van der Waals surface area contributed by atoms with Crippen molar-refractivity contribution in [2.45, 2.75) is 4.90 Å². The fourth-order valence-electron chi connectivity index (χ4n) is 1.89. The second-order valence-electron chi connectivity index (χ2n) is 4.39. The molecule has 1 heterocycles. The molecule has 0 radical (unpaired) electrons. The lowest BCUT2D eigenvalue weighted by atomic mass is 10.3. The number of aromatic nitrogens is 2. The summed E-state index contributed by atoms with van der Waals surface area (Å²) in [5, 5.41) is -0.112. The number of benzene rings is 2. The predicted molar refractivity (Wildman–Crippen MR) is 81.8 cm³/mol. The van der Waals surface area contributed by atoms with Crippen molar-refractivity contribution in [3.05, 3.63) is 59.5 Å². The Morgan fingerprint density at radius 1 is 0.955 bits per heavy atom. The summed E-state index contributed by atoms with van der Waals surface area (Å²) in [6.07, 6.45) is 0. The minimum absolute atomic E-state index is 0.112. The maximum atomic E-state index is 13.7. The fourth-order valence-corrected chi connectivity index (χ4v) is 3.21. The van der Waals surface area contributed by atoms with Crippen LogP contribution in [0.2, 0.25) is 5.15 Å². The van der Waals surface area contributed by atoms with Crippen LogP contribution in [0.25, 0.3) is 11.0 Å². The van der Waals surface area contributed by atoms with Gasteiger partial charge in [0, 0.05) is 0 Å². The smallest absolute Gasteiger partial charge is 0.261 e. The summed E-state index contributed by atoms with van der Waals surface area (Å²) >= 11 is 5.94. The minimum atomic E-state index is -4.15. The number of hydrogen-bond donors (Lipinski definition) is 1. The van der Waals surface area contributed by atoms with Crippen LogP contribution in [0, 0.1) is 5.82 Å². The molecule has 1 N–H and O–H groups in total. The monoisotopic (exact) mass is 337 g/mol. The number of fused-ring (bicyclic) bond motifs is 1. The lowest BCUT2D eigenvalue weighted by Gasteiger charge is -2.09. The number of para-hydroxylation sites is 2. The molecule has 0 atom stereocenters. The molecule has 22 heavy (non-hydrogen) atoms. The van der Waals surface area contributed by atoms with Gasteiger partial charge in [-0.1, -0.05) is 35.9 Å². The molecule has 0 fully saturated rings. The highest BCUT2D eigenvalue weighted by molar-refractivity contribution is 7.92. The first-order valence-electron chi connectivity index (χ1n) is 6.17. The lowest BCUT2D eigenvalue weighted by Crippen LogP contribution is -2.16. The summed E-state index contributed by atoms with van der Waals surface area (Å²) in [5.74, 6) is -1.01. The number of sulfonamides is 1.